The van der Waals surface area contributed by atoms with Crippen LogP contribution in [0.4, 0.5) is 0 Å². The minimum absolute atomic E-state index is 0.00916. The first-order valence-corrected chi connectivity index (χ1v) is 8.74. The number of rotatable bonds is 8. The van der Waals surface area contributed by atoms with Gasteiger partial charge in [-0.1, -0.05) is 25.5 Å². The predicted molar refractivity (Wildman–Crippen MR) is 92.2 cm³/mol. The van der Waals surface area contributed by atoms with Crippen molar-refractivity contribution in [3.05, 3.63) is 48.3 Å². The van der Waals surface area contributed by atoms with E-state index in [9.17, 15) is 4.79 Å². The summed E-state index contributed by atoms with van der Waals surface area (Å²) in [4.78, 5) is 12.0. The number of benzene rings is 1. The van der Waals surface area contributed by atoms with Crippen molar-refractivity contribution in [1.82, 2.24) is 15.1 Å². The molecule has 22 heavy (non-hydrogen) atoms. The molecule has 0 spiro atoms. The van der Waals surface area contributed by atoms with E-state index >= 15 is 0 Å². The van der Waals surface area contributed by atoms with Crippen LogP contribution in [0.5, 0.6) is 0 Å². The molecule has 5 heteroatoms. The number of hydrogen-bond donors (Lipinski definition) is 1. The van der Waals surface area contributed by atoms with Gasteiger partial charge >= 0.3 is 0 Å². The topological polar surface area (TPSA) is 46.9 Å². The van der Waals surface area contributed by atoms with Gasteiger partial charge in [-0.2, -0.15) is 5.10 Å². The van der Waals surface area contributed by atoms with Crippen molar-refractivity contribution >= 4 is 17.7 Å². The van der Waals surface area contributed by atoms with E-state index in [1.54, 1.807) is 18.0 Å². The Morgan fingerprint density at radius 2 is 2.14 bits per heavy atom. The maximum atomic E-state index is 12.0. The average molecular weight is 317 g/mol. The van der Waals surface area contributed by atoms with Crippen molar-refractivity contribution in [3.63, 3.8) is 0 Å². The van der Waals surface area contributed by atoms with E-state index in [1.165, 1.54) is 6.42 Å². The third-order valence-corrected chi connectivity index (χ3v) is 4.65. The molecule has 118 valence electrons. The van der Waals surface area contributed by atoms with Crippen LogP contribution < -0.4 is 5.32 Å². The molecule has 0 saturated carbocycles. The Morgan fingerprint density at radius 3 is 2.77 bits per heavy atom. The van der Waals surface area contributed by atoms with E-state index in [2.05, 4.69) is 17.3 Å². The van der Waals surface area contributed by atoms with E-state index in [-0.39, 0.29) is 11.2 Å². The molecule has 0 aliphatic heterocycles. The van der Waals surface area contributed by atoms with Crippen molar-refractivity contribution in [1.29, 1.82) is 0 Å². The number of amides is 1. The fraction of sp³-hybridized carbons (Fsp3) is 0.412. The van der Waals surface area contributed by atoms with Crippen LogP contribution in [0.15, 0.2) is 42.7 Å². The van der Waals surface area contributed by atoms with Gasteiger partial charge in [0, 0.05) is 18.9 Å². The SMILES string of the molecule is CCCCSC(C)C(=O)NCc1ccc(-n2cccn2)cc1. The fourth-order valence-corrected chi connectivity index (χ4v) is 3.04. The van der Waals surface area contributed by atoms with Crippen LogP contribution in [0.1, 0.15) is 32.3 Å². The number of aromatic nitrogens is 2. The fourth-order valence-electron chi connectivity index (χ4n) is 2.00. The second-order valence-electron chi connectivity index (χ2n) is 5.20. The number of hydrogen-bond acceptors (Lipinski definition) is 3. The molecule has 2 rings (SSSR count). The van der Waals surface area contributed by atoms with Crippen molar-refractivity contribution < 1.29 is 4.79 Å². The third kappa shape index (κ3) is 4.91. The van der Waals surface area contributed by atoms with Gasteiger partial charge in [-0.25, -0.2) is 4.68 Å². The van der Waals surface area contributed by atoms with E-state index < -0.39 is 0 Å². The Kier molecular flexibility index (Phi) is 6.52. The predicted octanol–water partition coefficient (Wildman–Crippen LogP) is 3.41. The van der Waals surface area contributed by atoms with Gasteiger partial charge in [0.05, 0.1) is 10.9 Å². The number of carbonyl (C=O) groups excluding carboxylic acids is 1. The zero-order valence-electron chi connectivity index (χ0n) is 13.2. The molecule has 1 N–H and O–H groups in total. The number of nitrogens with zero attached hydrogens (tertiary/aromatic N) is 2. The maximum Gasteiger partial charge on any atom is 0.233 e. The molecule has 1 atom stereocenters. The Balaban J connectivity index is 1.80. The lowest BCUT2D eigenvalue weighted by atomic mass is 10.2. The van der Waals surface area contributed by atoms with Gasteiger partial charge in [-0.05, 0) is 42.9 Å². The average Bonchev–Trinajstić information content (AvgIpc) is 3.07. The molecular weight excluding hydrogens is 294 g/mol. The van der Waals surface area contributed by atoms with E-state index in [0.717, 1.165) is 23.4 Å². The molecule has 1 heterocycles. The van der Waals surface area contributed by atoms with Crippen LogP contribution in [0.25, 0.3) is 5.69 Å². The summed E-state index contributed by atoms with van der Waals surface area (Å²) in [5, 5.41) is 7.20. The molecule has 0 fully saturated rings. The summed E-state index contributed by atoms with van der Waals surface area (Å²) in [6, 6.07) is 9.95. The number of unbranched alkanes of at least 4 members (excludes halogenated alkanes) is 1. The summed E-state index contributed by atoms with van der Waals surface area (Å²) >= 11 is 1.72. The van der Waals surface area contributed by atoms with E-state index in [1.807, 2.05) is 48.1 Å². The lowest BCUT2D eigenvalue weighted by molar-refractivity contribution is -0.120. The number of thioether (sulfide) groups is 1. The van der Waals surface area contributed by atoms with Crippen LogP contribution in [0, 0.1) is 0 Å². The molecule has 0 saturated heterocycles. The van der Waals surface area contributed by atoms with Crippen LogP contribution in [-0.4, -0.2) is 26.7 Å². The van der Waals surface area contributed by atoms with Gasteiger partial charge in [-0.3, -0.25) is 4.79 Å². The first-order valence-electron chi connectivity index (χ1n) is 7.69. The van der Waals surface area contributed by atoms with Crippen LogP contribution >= 0.6 is 11.8 Å². The highest BCUT2D eigenvalue weighted by Crippen LogP contribution is 2.13. The molecule has 1 amide bonds. The molecule has 0 bridgehead atoms. The lowest BCUT2D eigenvalue weighted by Crippen LogP contribution is -2.30. The summed E-state index contributed by atoms with van der Waals surface area (Å²) in [5.41, 5.74) is 2.11. The zero-order chi connectivity index (χ0) is 15.8. The smallest absolute Gasteiger partial charge is 0.233 e. The van der Waals surface area contributed by atoms with Crippen molar-refractivity contribution in [2.24, 2.45) is 0 Å². The molecule has 1 aromatic carbocycles. The Hall–Kier alpha value is -1.75. The Labute approximate surface area is 136 Å². The first-order chi connectivity index (χ1) is 10.7. The molecule has 0 radical (unpaired) electrons. The molecular formula is C17H23N3OS. The van der Waals surface area contributed by atoms with Gasteiger partial charge in [0.2, 0.25) is 5.91 Å². The molecule has 0 aliphatic rings. The van der Waals surface area contributed by atoms with Crippen molar-refractivity contribution in [2.75, 3.05) is 5.75 Å². The van der Waals surface area contributed by atoms with Crippen LogP contribution in [0.2, 0.25) is 0 Å². The van der Waals surface area contributed by atoms with Gasteiger partial charge in [0.25, 0.3) is 0 Å². The van der Waals surface area contributed by atoms with Crippen molar-refractivity contribution in [2.45, 2.75) is 38.5 Å². The summed E-state index contributed by atoms with van der Waals surface area (Å²) < 4.78 is 1.81. The Bertz CT molecular complexity index is 566. The minimum Gasteiger partial charge on any atom is -0.351 e. The molecule has 2 aromatic rings. The van der Waals surface area contributed by atoms with Crippen molar-refractivity contribution in [3.8, 4) is 5.69 Å². The second-order valence-corrected chi connectivity index (χ2v) is 6.65. The van der Waals surface area contributed by atoms with E-state index in [0.29, 0.717) is 6.54 Å². The van der Waals surface area contributed by atoms with Gasteiger partial charge < -0.3 is 5.32 Å². The molecule has 0 aliphatic carbocycles. The summed E-state index contributed by atoms with van der Waals surface area (Å²) in [6.07, 6.45) is 6.00. The summed E-state index contributed by atoms with van der Waals surface area (Å²) in [7, 11) is 0. The first kappa shape index (κ1) is 16.6. The maximum absolute atomic E-state index is 12.0. The highest BCUT2D eigenvalue weighted by molar-refractivity contribution is 8.00. The number of carbonyl (C=O) groups is 1. The van der Waals surface area contributed by atoms with E-state index in [4.69, 9.17) is 0 Å². The Morgan fingerprint density at radius 1 is 1.36 bits per heavy atom. The normalized spacial score (nSPS) is 12.1. The van der Waals surface area contributed by atoms with Gasteiger partial charge in [-0.15, -0.1) is 11.8 Å². The monoisotopic (exact) mass is 317 g/mol. The summed E-state index contributed by atoms with van der Waals surface area (Å²) in [6.45, 7) is 4.70. The highest BCUT2D eigenvalue weighted by atomic mass is 32.2. The largest absolute Gasteiger partial charge is 0.351 e. The summed E-state index contributed by atoms with van der Waals surface area (Å²) in [5.74, 6) is 1.15. The van der Waals surface area contributed by atoms with Crippen LogP contribution in [-0.2, 0) is 11.3 Å². The second kappa shape index (κ2) is 8.63. The minimum atomic E-state index is 0.00916. The quantitative estimate of drug-likeness (QED) is 0.759. The van der Waals surface area contributed by atoms with Crippen LogP contribution in [0.3, 0.4) is 0 Å². The lowest BCUT2D eigenvalue weighted by Gasteiger charge is -2.12. The molecule has 1 unspecified atom stereocenters. The highest BCUT2D eigenvalue weighted by Gasteiger charge is 2.12. The molecule has 4 nitrogen and oxygen atoms in total. The van der Waals surface area contributed by atoms with Gasteiger partial charge in [0.1, 0.15) is 0 Å². The molecule has 1 aromatic heterocycles. The standard InChI is InChI=1S/C17H23N3OS/c1-3-4-12-22-14(2)17(21)18-13-15-6-8-16(9-7-15)20-11-5-10-19-20/h5-11,14H,3-4,12-13H2,1-2H3,(H,18,21). The number of nitrogens with one attached hydrogen (secondary N) is 1. The third-order valence-electron chi connectivity index (χ3n) is 3.41. The van der Waals surface area contributed by atoms with Gasteiger partial charge in [0.15, 0.2) is 0 Å². The zero-order valence-corrected chi connectivity index (χ0v) is 14.0.